The van der Waals surface area contributed by atoms with Crippen molar-refractivity contribution in [3.63, 3.8) is 0 Å². The van der Waals surface area contributed by atoms with Gasteiger partial charge in [-0.15, -0.1) is 13.2 Å². The summed E-state index contributed by atoms with van der Waals surface area (Å²) in [5.74, 6) is -0.659. The molecule has 2 aromatic carbocycles. The summed E-state index contributed by atoms with van der Waals surface area (Å²) in [7, 11) is 0. The predicted octanol–water partition coefficient (Wildman–Crippen LogP) is 5.78. The van der Waals surface area contributed by atoms with Crippen molar-refractivity contribution in [2.45, 2.75) is 25.2 Å². The van der Waals surface area contributed by atoms with Crippen LogP contribution in [0.1, 0.15) is 33.4 Å². The molecular weight excluding hydrogens is 466 g/mol. The molecular formula is C23H16F6N2O3. The quantitative estimate of drug-likeness (QED) is 0.443. The van der Waals surface area contributed by atoms with Crippen LogP contribution >= 0.6 is 0 Å². The number of benzene rings is 2. The fourth-order valence-electron chi connectivity index (χ4n) is 3.51. The maximum atomic E-state index is 13.2. The second-order valence-electron chi connectivity index (χ2n) is 7.42. The molecule has 2 heterocycles. The molecule has 3 aromatic rings. The molecule has 34 heavy (non-hydrogen) atoms. The molecule has 4 rings (SSSR count). The van der Waals surface area contributed by atoms with Gasteiger partial charge >= 0.3 is 12.5 Å². The van der Waals surface area contributed by atoms with Gasteiger partial charge in [0.05, 0.1) is 24.3 Å². The van der Waals surface area contributed by atoms with Gasteiger partial charge in [0.25, 0.3) is 5.91 Å². The molecule has 1 aliphatic rings. The molecule has 0 aliphatic carbocycles. The lowest BCUT2D eigenvalue weighted by atomic mass is 10.1. The van der Waals surface area contributed by atoms with Gasteiger partial charge < -0.3 is 14.4 Å². The number of hydrogen-bond acceptors (Lipinski definition) is 4. The minimum Gasteiger partial charge on any atom is -0.483 e. The van der Waals surface area contributed by atoms with Gasteiger partial charge in [-0.25, -0.2) is 4.98 Å². The summed E-state index contributed by atoms with van der Waals surface area (Å²) < 4.78 is 86.4. The zero-order valence-electron chi connectivity index (χ0n) is 17.2. The van der Waals surface area contributed by atoms with E-state index in [0.717, 1.165) is 18.2 Å². The number of halogens is 6. The Balaban J connectivity index is 1.64. The Kier molecular flexibility index (Phi) is 6.11. The van der Waals surface area contributed by atoms with Gasteiger partial charge in [0.1, 0.15) is 23.3 Å². The second kappa shape index (κ2) is 8.88. The van der Waals surface area contributed by atoms with E-state index in [2.05, 4.69) is 9.72 Å². The third kappa shape index (κ3) is 5.41. The predicted molar refractivity (Wildman–Crippen MR) is 107 cm³/mol. The molecule has 1 aliphatic heterocycles. The molecule has 178 valence electrons. The van der Waals surface area contributed by atoms with Crippen LogP contribution in [0.15, 0.2) is 66.7 Å². The summed E-state index contributed by atoms with van der Waals surface area (Å²) in [5.41, 5.74) is -0.411. The lowest BCUT2D eigenvalue weighted by molar-refractivity contribution is -0.274. The molecule has 0 N–H and O–H groups in total. The highest BCUT2D eigenvalue weighted by Gasteiger charge is 2.34. The van der Waals surface area contributed by atoms with Crippen LogP contribution < -0.4 is 9.47 Å². The molecule has 5 nitrogen and oxygen atoms in total. The van der Waals surface area contributed by atoms with Crippen molar-refractivity contribution in [1.29, 1.82) is 0 Å². The molecule has 1 atom stereocenters. The van der Waals surface area contributed by atoms with Crippen LogP contribution in [0.5, 0.6) is 11.5 Å². The van der Waals surface area contributed by atoms with E-state index in [-0.39, 0.29) is 30.1 Å². The van der Waals surface area contributed by atoms with Gasteiger partial charge in [0.15, 0.2) is 0 Å². The summed E-state index contributed by atoms with van der Waals surface area (Å²) in [6.07, 6.45) is -10.3. The fraction of sp³-hybridized carbons (Fsp3) is 0.217. The van der Waals surface area contributed by atoms with Crippen molar-refractivity contribution in [1.82, 2.24) is 9.88 Å². The zero-order chi connectivity index (χ0) is 24.5. The minimum absolute atomic E-state index is 0.0234. The Morgan fingerprint density at radius 1 is 0.941 bits per heavy atom. The van der Waals surface area contributed by atoms with Crippen LogP contribution in [0.25, 0.3) is 0 Å². The average molecular weight is 482 g/mol. The number of ether oxygens (including phenoxy) is 2. The molecule has 1 aromatic heterocycles. The standard InChI is InChI=1S/C23H16F6N2O3/c24-22(25,26)20-7-3-4-15(30-20)12-31-13-19(33-18-6-2-1-5-17(18)21(31)32)14-8-10-16(11-9-14)34-23(27,28)29/h1-11,19H,12-13H2. The Morgan fingerprint density at radius 3 is 2.32 bits per heavy atom. The largest absolute Gasteiger partial charge is 0.573 e. The third-order valence-electron chi connectivity index (χ3n) is 5.00. The lowest BCUT2D eigenvalue weighted by Gasteiger charge is -2.24. The highest BCUT2D eigenvalue weighted by molar-refractivity contribution is 5.97. The van der Waals surface area contributed by atoms with Gasteiger partial charge in [-0.05, 0) is 42.0 Å². The van der Waals surface area contributed by atoms with Gasteiger partial charge in [0, 0.05) is 0 Å². The number of carbonyl (C=O) groups excluding carboxylic acids is 1. The van der Waals surface area contributed by atoms with Crippen molar-refractivity contribution in [3.05, 3.63) is 89.2 Å². The van der Waals surface area contributed by atoms with Gasteiger partial charge in [-0.3, -0.25) is 4.79 Å². The van der Waals surface area contributed by atoms with E-state index in [9.17, 15) is 31.1 Å². The van der Waals surface area contributed by atoms with E-state index < -0.39 is 36.0 Å². The summed E-state index contributed by atoms with van der Waals surface area (Å²) in [4.78, 5) is 18.1. The Morgan fingerprint density at radius 2 is 1.65 bits per heavy atom. The van der Waals surface area contributed by atoms with Crippen LogP contribution in [0.3, 0.4) is 0 Å². The minimum atomic E-state index is -4.85. The van der Waals surface area contributed by atoms with Crippen LogP contribution in [-0.2, 0) is 12.7 Å². The fourth-order valence-corrected chi connectivity index (χ4v) is 3.51. The highest BCUT2D eigenvalue weighted by atomic mass is 19.4. The first kappa shape index (κ1) is 23.4. The molecule has 0 radical (unpaired) electrons. The number of carbonyl (C=O) groups is 1. The van der Waals surface area contributed by atoms with Crippen molar-refractivity contribution >= 4 is 5.91 Å². The lowest BCUT2D eigenvalue weighted by Crippen LogP contribution is -2.33. The van der Waals surface area contributed by atoms with Crippen LogP contribution in [-0.4, -0.2) is 28.7 Å². The summed E-state index contributed by atoms with van der Waals surface area (Å²) in [6, 6.07) is 14.7. The van der Waals surface area contributed by atoms with E-state index in [4.69, 9.17) is 4.74 Å². The topological polar surface area (TPSA) is 51.7 Å². The van der Waals surface area contributed by atoms with Crippen molar-refractivity contribution < 1.29 is 40.6 Å². The monoisotopic (exact) mass is 482 g/mol. The van der Waals surface area contributed by atoms with Crippen molar-refractivity contribution in [3.8, 4) is 11.5 Å². The third-order valence-corrected chi connectivity index (χ3v) is 5.00. The molecule has 1 unspecified atom stereocenters. The number of fused-ring (bicyclic) bond motifs is 1. The molecule has 11 heteroatoms. The van der Waals surface area contributed by atoms with E-state index in [0.29, 0.717) is 5.56 Å². The van der Waals surface area contributed by atoms with Crippen LogP contribution in [0.4, 0.5) is 26.3 Å². The first-order valence-corrected chi connectivity index (χ1v) is 9.93. The maximum absolute atomic E-state index is 13.2. The van der Waals surface area contributed by atoms with Gasteiger partial charge in [-0.2, -0.15) is 13.2 Å². The Labute approximate surface area is 189 Å². The molecule has 0 spiro atoms. The molecule has 0 bridgehead atoms. The number of nitrogens with zero attached hydrogens (tertiary/aromatic N) is 2. The van der Waals surface area contributed by atoms with Gasteiger partial charge in [-0.1, -0.05) is 30.3 Å². The number of hydrogen-bond donors (Lipinski definition) is 0. The van der Waals surface area contributed by atoms with Crippen LogP contribution in [0.2, 0.25) is 0 Å². The molecule has 0 saturated carbocycles. The van der Waals surface area contributed by atoms with E-state index >= 15 is 0 Å². The SMILES string of the molecule is O=C1c2ccccc2OC(c2ccc(OC(F)(F)F)cc2)CN1Cc1cccc(C(F)(F)F)n1. The second-order valence-corrected chi connectivity index (χ2v) is 7.42. The number of aromatic nitrogens is 1. The Hall–Kier alpha value is -3.76. The molecule has 0 saturated heterocycles. The zero-order valence-corrected chi connectivity index (χ0v) is 17.2. The normalized spacial score (nSPS) is 16.5. The summed E-state index contributed by atoms with van der Waals surface area (Å²) in [6.45, 7) is -0.308. The number of rotatable bonds is 4. The van der Waals surface area contributed by atoms with Crippen molar-refractivity contribution in [2.24, 2.45) is 0 Å². The highest BCUT2D eigenvalue weighted by Crippen LogP contribution is 2.33. The molecule has 0 fully saturated rings. The van der Waals surface area contributed by atoms with Crippen LogP contribution in [0, 0.1) is 0 Å². The Bertz CT molecular complexity index is 1180. The number of amides is 1. The molecule has 1 amide bonds. The number of pyridine rings is 1. The number of alkyl halides is 6. The van der Waals surface area contributed by atoms with E-state index in [1.807, 2.05) is 0 Å². The van der Waals surface area contributed by atoms with Crippen molar-refractivity contribution in [2.75, 3.05) is 6.54 Å². The smallest absolute Gasteiger partial charge is 0.483 e. The average Bonchev–Trinajstić information content (AvgIpc) is 2.90. The van der Waals surface area contributed by atoms with E-state index in [1.54, 1.807) is 18.2 Å². The first-order valence-electron chi connectivity index (χ1n) is 9.93. The summed E-state index contributed by atoms with van der Waals surface area (Å²) >= 11 is 0. The number of para-hydroxylation sites is 1. The van der Waals surface area contributed by atoms with E-state index in [1.165, 1.54) is 35.2 Å². The summed E-state index contributed by atoms with van der Waals surface area (Å²) in [5, 5.41) is 0. The first-order chi connectivity index (χ1) is 16.0. The maximum Gasteiger partial charge on any atom is 0.573 e. The van der Waals surface area contributed by atoms with Gasteiger partial charge in [0.2, 0.25) is 0 Å².